The molecule has 2 aromatic carbocycles. The molecule has 0 fully saturated rings. The number of ether oxygens (including phenoxy) is 1. The SMILES string of the molecule is CC[C@@H](C)c1ccc(N(C(=O)CCC(=O)Nc2cc(C)on2)[C@H](C(=O)NC(C)(C)C)c2ccc(OC)cc2)cc1. The predicted molar refractivity (Wildman–Crippen MR) is 155 cm³/mol. The third kappa shape index (κ3) is 8.18. The van der Waals surface area contributed by atoms with E-state index in [9.17, 15) is 14.4 Å². The van der Waals surface area contributed by atoms with Crippen molar-refractivity contribution in [3.05, 3.63) is 71.5 Å². The lowest BCUT2D eigenvalue weighted by Crippen LogP contribution is -2.49. The van der Waals surface area contributed by atoms with Crippen molar-refractivity contribution in [1.29, 1.82) is 0 Å². The van der Waals surface area contributed by atoms with Gasteiger partial charge in [-0.1, -0.05) is 43.3 Å². The molecule has 0 saturated carbocycles. The summed E-state index contributed by atoms with van der Waals surface area (Å²) < 4.78 is 10.3. The molecule has 0 spiro atoms. The average molecular weight is 549 g/mol. The van der Waals surface area contributed by atoms with Gasteiger partial charge in [0, 0.05) is 30.1 Å². The summed E-state index contributed by atoms with van der Waals surface area (Å²) in [4.78, 5) is 41.8. The molecule has 9 nitrogen and oxygen atoms in total. The van der Waals surface area contributed by atoms with Gasteiger partial charge in [0.1, 0.15) is 17.6 Å². The number of benzene rings is 2. The summed E-state index contributed by atoms with van der Waals surface area (Å²) in [6.07, 6.45) is 0.762. The van der Waals surface area contributed by atoms with Gasteiger partial charge in [0.15, 0.2) is 5.82 Å². The van der Waals surface area contributed by atoms with Crippen molar-refractivity contribution < 1.29 is 23.6 Å². The summed E-state index contributed by atoms with van der Waals surface area (Å²) in [7, 11) is 1.57. The first kappa shape index (κ1) is 30.4. The normalized spacial score (nSPS) is 12.8. The summed E-state index contributed by atoms with van der Waals surface area (Å²) in [5, 5.41) is 9.44. The van der Waals surface area contributed by atoms with Gasteiger partial charge in [-0.25, -0.2) is 0 Å². The molecule has 3 rings (SSSR count). The average Bonchev–Trinajstić information content (AvgIpc) is 3.33. The number of methoxy groups -OCH3 is 1. The van der Waals surface area contributed by atoms with Crippen molar-refractivity contribution >= 4 is 29.2 Å². The number of hydrogen-bond donors (Lipinski definition) is 2. The monoisotopic (exact) mass is 548 g/mol. The number of aryl methyl sites for hydroxylation is 1. The van der Waals surface area contributed by atoms with Crippen LogP contribution in [0.15, 0.2) is 59.1 Å². The van der Waals surface area contributed by atoms with Crippen molar-refractivity contribution in [2.75, 3.05) is 17.3 Å². The second kappa shape index (κ2) is 13.3. The maximum Gasteiger partial charge on any atom is 0.248 e. The quantitative estimate of drug-likeness (QED) is 0.308. The molecule has 0 bridgehead atoms. The van der Waals surface area contributed by atoms with Crippen LogP contribution in [0.3, 0.4) is 0 Å². The fourth-order valence-electron chi connectivity index (χ4n) is 4.25. The molecule has 0 radical (unpaired) electrons. The van der Waals surface area contributed by atoms with E-state index in [1.807, 2.05) is 45.0 Å². The van der Waals surface area contributed by atoms with E-state index in [1.54, 1.807) is 44.4 Å². The Labute approximate surface area is 236 Å². The first-order chi connectivity index (χ1) is 18.9. The van der Waals surface area contributed by atoms with Crippen LogP contribution in [0.2, 0.25) is 0 Å². The Kier molecular flexibility index (Phi) is 10.1. The molecule has 1 heterocycles. The minimum absolute atomic E-state index is 0.0948. The molecule has 0 aliphatic heterocycles. The standard InChI is InChI=1S/C31H40N4O5/c1-8-20(2)22-9-13-24(14-10-22)35(28(37)18-17-27(36)32-26-19-21(3)40-34-26)29(30(38)33-31(4,5)6)23-11-15-25(39-7)16-12-23/h9-16,19-20,29H,8,17-18H2,1-7H3,(H,33,38)(H,32,34,36)/t20-,29+/m1/s1. The molecular weight excluding hydrogens is 508 g/mol. The van der Waals surface area contributed by atoms with Crippen LogP contribution in [-0.2, 0) is 14.4 Å². The lowest BCUT2D eigenvalue weighted by Gasteiger charge is -2.34. The van der Waals surface area contributed by atoms with Gasteiger partial charge in [0.25, 0.3) is 0 Å². The Morgan fingerprint density at radius 1 is 1.00 bits per heavy atom. The van der Waals surface area contributed by atoms with E-state index in [-0.39, 0.29) is 36.4 Å². The van der Waals surface area contributed by atoms with Crippen LogP contribution in [0.5, 0.6) is 5.75 Å². The van der Waals surface area contributed by atoms with Crippen molar-refractivity contribution in [2.24, 2.45) is 0 Å². The van der Waals surface area contributed by atoms with Crippen molar-refractivity contribution in [1.82, 2.24) is 10.5 Å². The minimum atomic E-state index is -0.978. The van der Waals surface area contributed by atoms with E-state index in [2.05, 4.69) is 29.6 Å². The van der Waals surface area contributed by atoms with E-state index in [0.29, 0.717) is 28.7 Å². The van der Waals surface area contributed by atoms with Gasteiger partial charge >= 0.3 is 0 Å². The van der Waals surface area contributed by atoms with E-state index in [1.165, 1.54) is 4.90 Å². The summed E-state index contributed by atoms with van der Waals surface area (Å²) >= 11 is 0. The summed E-state index contributed by atoms with van der Waals surface area (Å²) in [6, 6.07) is 15.4. The largest absolute Gasteiger partial charge is 0.497 e. The molecule has 2 atom stereocenters. The number of amides is 3. The number of carbonyl (C=O) groups is 3. The number of anilines is 2. The number of carbonyl (C=O) groups excluding carboxylic acids is 3. The van der Waals surface area contributed by atoms with Crippen LogP contribution in [-0.4, -0.2) is 35.5 Å². The molecule has 2 N–H and O–H groups in total. The van der Waals surface area contributed by atoms with Crippen LogP contribution >= 0.6 is 0 Å². The maximum atomic E-state index is 13.9. The Bertz CT molecular complexity index is 1290. The number of rotatable bonds is 11. The Morgan fingerprint density at radius 2 is 1.62 bits per heavy atom. The molecule has 40 heavy (non-hydrogen) atoms. The summed E-state index contributed by atoms with van der Waals surface area (Å²) in [5.41, 5.74) is 1.78. The maximum absolute atomic E-state index is 13.9. The van der Waals surface area contributed by atoms with Crippen LogP contribution < -0.4 is 20.3 Å². The molecule has 1 aromatic heterocycles. The Morgan fingerprint density at radius 3 is 2.15 bits per heavy atom. The van der Waals surface area contributed by atoms with Crippen molar-refractivity contribution in [2.45, 2.75) is 78.3 Å². The summed E-state index contributed by atoms with van der Waals surface area (Å²) in [5.74, 6) is 0.748. The van der Waals surface area contributed by atoms with Crippen molar-refractivity contribution in [3.8, 4) is 5.75 Å². The zero-order chi connectivity index (χ0) is 29.4. The highest BCUT2D eigenvalue weighted by molar-refractivity contribution is 6.03. The van der Waals surface area contributed by atoms with Gasteiger partial charge in [-0.3, -0.25) is 19.3 Å². The van der Waals surface area contributed by atoms with E-state index < -0.39 is 11.6 Å². The van der Waals surface area contributed by atoms with Gasteiger partial charge in [-0.05, 0) is 75.4 Å². The third-order valence-corrected chi connectivity index (χ3v) is 6.52. The molecule has 3 aromatic rings. The molecule has 0 aliphatic rings. The van der Waals surface area contributed by atoms with Crippen molar-refractivity contribution in [3.63, 3.8) is 0 Å². The molecular formula is C31H40N4O5. The van der Waals surface area contributed by atoms with Gasteiger partial charge in [0.2, 0.25) is 17.7 Å². The lowest BCUT2D eigenvalue weighted by atomic mass is 9.97. The van der Waals surface area contributed by atoms with E-state index in [4.69, 9.17) is 9.26 Å². The third-order valence-electron chi connectivity index (χ3n) is 6.52. The highest BCUT2D eigenvalue weighted by Crippen LogP contribution is 2.32. The predicted octanol–water partition coefficient (Wildman–Crippen LogP) is 5.91. The van der Waals surface area contributed by atoms with Gasteiger partial charge < -0.3 is 19.9 Å². The first-order valence-corrected chi connectivity index (χ1v) is 13.5. The second-order valence-electron chi connectivity index (χ2n) is 11.0. The number of aromatic nitrogens is 1. The smallest absolute Gasteiger partial charge is 0.248 e. The fraction of sp³-hybridized carbons (Fsp3) is 0.419. The van der Waals surface area contributed by atoms with Gasteiger partial charge in [-0.2, -0.15) is 0 Å². The lowest BCUT2D eigenvalue weighted by molar-refractivity contribution is -0.128. The van der Waals surface area contributed by atoms with Crippen LogP contribution in [0, 0.1) is 6.92 Å². The highest BCUT2D eigenvalue weighted by Gasteiger charge is 2.34. The molecule has 214 valence electrons. The summed E-state index contributed by atoms with van der Waals surface area (Å²) in [6.45, 7) is 11.6. The van der Waals surface area contributed by atoms with Crippen LogP contribution in [0.1, 0.15) is 82.7 Å². The fourth-order valence-corrected chi connectivity index (χ4v) is 4.25. The zero-order valence-electron chi connectivity index (χ0n) is 24.4. The highest BCUT2D eigenvalue weighted by atomic mass is 16.5. The number of nitrogens with zero attached hydrogens (tertiary/aromatic N) is 2. The Balaban J connectivity index is 1.99. The zero-order valence-corrected chi connectivity index (χ0v) is 24.4. The van der Waals surface area contributed by atoms with Gasteiger partial charge in [-0.15, -0.1) is 0 Å². The molecule has 3 amide bonds. The molecule has 0 aliphatic carbocycles. The van der Waals surface area contributed by atoms with Crippen LogP contribution in [0.4, 0.5) is 11.5 Å². The van der Waals surface area contributed by atoms with Gasteiger partial charge in [0.05, 0.1) is 7.11 Å². The second-order valence-corrected chi connectivity index (χ2v) is 11.0. The number of nitrogens with one attached hydrogen (secondary N) is 2. The topological polar surface area (TPSA) is 114 Å². The van der Waals surface area contributed by atoms with E-state index >= 15 is 0 Å². The molecule has 9 heteroatoms. The first-order valence-electron chi connectivity index (χ1n) is 13.5. The molecule has 0 unspecified atom stereocenters. The van der Waals surface area contributed by atoms with E-state index in [0.717, 1.165) is 12.0 Å². The Hall–Kier alpha value is -4.14. The number of hydrogen-bond acceptors (Lipinski definition) is 6. The minimum Gasteiger partial charge on any atom is -0.497 e. The van der Waals surface area contributed by atoms with Crippen LogP contribution in [0.25, 0.3) is 0 Å². The molecule has 0 saturated heterocycles.